The Morgan fingerprint density at radius 2 is 1.30 bits per heavy atom. The van der Waals surface area contributed by atoms with E-state index < -0.39 is 5.97 Å². The number of Topliss-reactive ketones (excluding diaryl/α,β-unsaturated/α-hetero) is 1. The second kappa shape index (κ2) is 14.0. The maximum absolute atomic E-state index is 11.7. The van der Waals surface area contributed by atoms with Crippen molar-refractivity contribution in [1.82, 2.24) is 4.90 Å². The van der Waals surface area contributed by atoms with Crippen molar-refractivity contribution in [2.45, 2.75) is 32.1 Å². The van der Waals surface area contributed by atoms with Gasteiger partial charge in [0.05, 0.1) is 39.5 Å². The summed E-state index contributed by atoms with van der Waals surface area (Å²) in [6.07, 6.45) is 4.27. The van der Waals surface area contributed by atoms with E-state index >= 15 is 0 Å². The highest BCUT2D eigenvalue weighted by molar-refractivity contribution is 6.12. The number of imide groups is 1. The van der Waals surface area contributed by atoms with Gasteiger partial charge in [-0.3, -0.25) is 24.1 Å². The van der Waals surface area contributed by atoms with Crippen LogP contribution in [0.5, 0.6) is 0 Å². The molecule has 0 aromatic carbocycles. The first-order valence-corrected chi connectivity index (χ1v) is 9.01. The van der Waals surface area contributed by atoms with E-state index in [0.717, 1.165) is 4.90 Å². The number of carbonyl (C=O) groups excluding carboxylic acids is 3. The van der Waals surface area contributed by atoms with Crippen LogP contribution in [-0.4, -0.2) is 79.8 Å². The Morgan fingerprint density at radius 1 is 0.778 bits per heavy atom. The summed E-state index contributed by atoms with van der Waals surface area (Å²) in [5.41, 5.74) is 0. The third-order valence-corrected chi connectivity index (χ3v) is 3.69. The molecule has 0 bridgehead atoms. The van der Waals surface area contributed by atoms with Gasteiger partial charge in [0.2, 0.25) is 0 Å². The van der Waals surface area contributed by atoms with Crippen molar-refractivity contribution in [1.29, 1.82) is 0 Å². The third kappa shape index (κ3) is 11.3. The monoisotopic (exact) mass is 385 g/mol. The molecule has 0 saturated carbocycles. The zero-order chi connectivity index (χ0) is 19.9. The van der Waals surface area contributed by atoms with Gasteiger partial charge in [0.1, 0.15) is 5.78 Å². The van der Waals surface area contributed by atoms with Gasteiger partial charge in [-0.15, -0.1) is 0 Å². The van der Waals surface area contributed by atoms with E-state index in [1.807, 2.05) is 0 Å². The molecular formula is C18H27NO8. The summed E-state index contributed by atoms with van der Waals surface area (Å²) in [6, 6.07) is 0. The summed E-state index contributed by atoms with van der Waals surface area (Å²) in [5.74, 6) is -1.46. The molecule has 1 heterocycles. The Hall–Kier alpha value is -2.10. The second-order valence-corrected chi connectivity index (χ2v) is 5.89. The average molecular weight is 385 g/mol. The zero-order valence-corrected chi connectivity index (χ0v) is 15.4. The van der Waals surface area contributed by atoms with Gasteiger partial charge in [0.25, 0.3) is 11.8 Å². The lowest BCUT2D eigenvalue weighted by molar-refractivity contribution is -0.139. The minimum atomic E-state index is -0.892. The molecule has 0 unspecified atom stereocenters. The molecule has 0 aliphatic carbocycles. The summed E-state index contributed by atoms with van der Waals surface area (Å²) >= 11 is 0. The SMILES string of the molecule is O=C(O)CCOCCOCCOCCCC(=O)CCCN1C(=O)C=CC1=O. The molecule has 0 saturated heterocycles. The van der Waals surface area contributed by atoms with E-state index in [0.29, 0.717) is 58.7 Å². The van der Waals surface area contributed by atoms with E-state index in [-0.39, 0.29) is 37.2 Å². The van der Waals surface area contributed by atoms with Crippen LogP contribution in [0.15, 0.2) is 12.2 Å². The molecule has 9 nitrogen and oxygen atoms in total. The number of carboxylic acids is 1. The van der Waals surface area contributed by atoms with Crippen LogP contribution in [0.3, 0.4) is 0 Å². The van der Waals surface area contributed by atoms with Crippen LogP contribution < -0.4 is 0 Å². The fraction of sp³-hybridized carbons (Fsp3) is 0.667. The highest BCUT2D eigenvalue weighted by Gasteiger charge is 2.22. The molecule has 0 spiro atoms. The Balaban J connectivity index is 1.84. The van der Waals surface area contributed by atoms with E-state index in [9.17, 15) is 19.2 Å². The van der Waals surface area contributed by atoms with Crippen LogP contribution in [0.2, 0.25) is 0 Å². The van der Waals surface area contributed by atoms with Gasteiger partial charge in [-0.25, -0.2) is 0 Å². The lowest BCUT2D eigenvalue weighted by Crippen LogP contribution is -2.31. The normalized spacial score (nSPS) is 13.6. The number of ketones is 1. The quantitative estimate of drug-likeness (QED) is 0.285. The number of nitrogens with zero attached hydrogens (tertiary/aromatic N) is 1. The predicted molar refractivity (Wildman–Crippen MR) is 94.0 cm³/mol. The molecule has 27 heavy (non-hydrogen) atoms. The fourth-order valence-electron chi connectivity index (χ4n) is 2.28. The number of ether oxygens (including phenoxy) is 3. The van der Waals surface area contributed by atoms with Crippen molar-refractivity contribution in [2.75, 3.05) is 46.2 Å². The maximum Gasteiger partial charge on any atom is 0.305 e. The van der Waals surface area contributed by atoms with E-state index in [1.165, 1.54) is 12.2 Å². The second-order valence-electron chi connectivity index (χ2n) is 5.89. The smallest absolute Gasteiger partial charge is 0.305 e. The molecule has 1 aliphatic rings. The molecule has 1 aliphatic heterocycles. The average Bonchev–Trinajstić information content (AvgIpc) is 2.94. The number of carbonyl (C=O) groups is 4. The van der Waals surface area contributed by atoms with Gasteiger partial charge in [-0.2, -0.15) is 0 Å². The van der Waals surface area contributed by atoms with Crippen molar-refractivity contribution in [2.24, 2.45) is 0 Å². The van der Waals surface area contributed by atoms with Gasteiger partial charge >= 0.3 is 5.97 Å². The Kier molecular flexibility index (Phi) is 11.9. The topological polar surface area (TPSA) is 119 Å². The fourth-order valence-corrected chi connectivity index (χ4v) is 2.28. The number of hydrogen-bond acceptors (Lipinski definition) is 7. The maximum atomic E-state index is 11.7. The summed E-state index contributed by atoms with van der Waals surface area (Å²) in [5, 5.41) is 8.42. The van der Waals surface area contributed by atoms with Crippen molar-refractivity contribution >= 4 is 23.6 Å². The van der Waals surface area contributed by atoms with Crippen LogP contribution in [-0.2, 0) is 33.4 Å². The Labute approximate surface area is 158 Å². The van der Waals surface area contributed by atoms with Crippen molar-refractivity contribution in [3.8, 4) is 0 Å². The highest BCUT2D eigenvalue weighted by Crippen LogP contribution is 2.07. The van der Waals surface area contributed by atoms with Gasteiger partial charge < -0.3 is 19.3 Å². The largest absolute Gasteiger partial charge is 0.481 e. The minimum Gasteiger partial charge on any atom is -0.481 e. The van der Waals surface area contributed by atoms with Crippen molar-refractivity contribution in [3.05, 3.63) is 12.2 Å². The molecule has 0 aromatic rings. The van der Waals surface area contributed by atoms with Crippen LogP contribution in [0.1, 0.15) is 32.1 Å². The van der Waals surface area contributed by atoms with Crippen LogP contribution in [0.4, 0.5) is 0 Å². The molecule has 152 valence electrons. The first-order chi connectivity index (χ1) is 13.0. The summed E-state index contributed by atoms with van der Waals surface area (Å²) in [7, 11) is 0. The molecule has 0 radical (unpaired) electrons. The summed E-state index contributed by atoms with van der Waals surface area (Å²) in [4.78, 5) is 45.8. The lowest BCUT2D eigenvalue weighted by Gasteiger charge is -2.12. The van der Waals surface area contributed by atoms with Crippen molar-refractivity contribution in [3.63, 3.8) is 0 Å². The highest BCUT2D eigenvalue weighted by atomic mass is 16.5. The molecule has 0 atom stereocenters. The van der Waals surface area contributed by atoms with Gasteiger partial charge in [-0.1, -0.05) is 0 Å². The van der Waals surface area contributed by atoms with E-state index in [1.54, 1.807) is 0 Å². The third-order valence-electron chi connectivity index (χ3n) is 3.69. The number of aliphatic carboxylic acids is 1. The Bertz CT molecular complexity index is 513. The number of rotatable bonds is 17. The van der Waals surface area contributed by atoms with E-state index in [4.69, 9.17) is 19.3 Å². The predicted octanol–water partition coefficient (Wildman–Crippen LogP) is 0.565. The zero-order valence-electron chi connectivity index (χ0n) is 15.4. The van der Waals surface area contributed by atoms with Crippen LogP contribution in [0, 0.1) is 0 Å². The van der Waals surface area contributed by atoms with Crippen molar-refractivity contribution < 1.29 is 38.5 Å². The van der Waals surface area contributed by atoms with E-state index in [2.05, 4.69) is 0 Å². The molecule has 9 heteroatoms. The summed E-state index contributed by atoms with van der Waals surface area (Å²) < 4.78 is 15.7. The molecule has 1 N–H and O–H groups in total. The minimum absolute atomic E-state index is 0.0203. The van der Waals surface area contributed by atoms with Gasteiger partial charge in [0.15, 0.2) is 0 Å². The molecular weight excluding hydrogens is 358 g/mol. The molecule has 0 fully saturated rings. The molecule has 1 rings (SSSR count). The number of hydrogen-bond donors (Lipinski definition) is 1. The standard InChI is InChI=1S/C18H27NO8/c20-15(3-1-8-19-16(21)5-6-17(19)22)4-2-9-25-11-13-27-14-12-26-10-7-18(23)24/h5-6H,1-4,7-14H2,(H,23,24). The first kappa shape index (κ1) is 22.9. The Morgan fingerprint density at radius 3 is 1.89 bits per heavy atom. The molecule has 2 amide bonds. The van der Waals surface area contributed by atoms with Gasteiger partial charge in [-0.05, 0) is 12.8 Å². The number of amides is 2. The first-order valence-electron chi connectivity index (χ1n) is 9.01. The number of carboxylic acid groups (broad SMARTS) is 1. The summed E-state index contributed by atoms with van der Waals surface area (Å²) in [6.45, 7) is 2.43. The van der Waals surface area contributed by atoms with Crippen LogP contribution in [0.25, 0.3) is 0 Å². The lowest BCUT2D eigenvalue weighted by atomic mass is 10.1. The van der Waals surface area contributed by atoms with Crippen LogP contribution >= 0.6 is 0 Å². The van der Waals surface area contributed by atoms with Gasteiger partial charge in [0, 0.05) is 38.1 Å². The molecule has 0 aromatic heterocycles.